The van der Waals surface area contributed by atoms with Gasteiger partial charge in [0.25, 0.3) is 11.8 Å². The molecule has 2 amide bonds. The van der Waals surface area contributed by atoms with Gasteiger partial charge < -0.3 is 5.32 Å². The van der Waals surface area contributed by atoms with Crippen molar-refractivity contribution in [3.05, 3.63) is 89.2 Å². The Hall–Kier alpha value is -3.18. The van der Waals surface area contributed by atoms with E-state index >= 15 is 0 Å². The molecule has 0 fully saturated rings. The van der Waals surface area contributed by atoms with Crippen molar-refractivity contribution < 1.29 is 14.2 Å². The monoisotopic (exact) mass is 392 g/mol. The van der Waals surface area contributed by atoms with Gasteiger partial charge >= 0.3 is 0 Å². The van der Waals surface area contributed by atoms with E-state index in [9.17, 15) is 9.59 Å². The van der Waals surface area contributed by atoms with E-state index in [1.54, 1.807) is 29.2 Å². The molecule has 0 saturated heterocycles. The fraction of sp³-hybridized carbons (Fsp3) is 0.136. The van der Waals surface area contributed by atoms with Crippen molar-refractivity contribution >= 4 is 34.8 Å². The molecule has 1 N–H and O–H groups in total. The van der Waals surface area contributed by atoms with Gasteiger partial charge in [0.05, 0.1) is 0 Å². The third-order valence-corrected chi connectivity index (χ3v) is 5.01. The Morgan fingerprint density at radius 1 is 1.07 bits per heavy atom. The largest absolute Gasteiger partial charge is 0.324 e. The Bertz CT molecular complexity index is 1030. The third-order valence-electron chi connectivity index (χ3n) is 4.76. The zero-order valence-electron chi connectivity index (χ0n) is 15.3. The molecule has 3 aromatic rings. The molecule has 2 aromatic carbocycles. The number of anilines is 2. The predicted octanol–water partition coefficient (Wildman–Crippen LogP) is 3.66. The number of hydrogen-bond acceptors (Lipinski definition) is 2. The van der Waals surface area contributed by atoms with E-state index in [-0.39, 0.29) is 18.4 Å². The number of nitrogens with one attached hydrogen (secondary N) is 1. The zero-order chi connectivity index (χ0) is 19.7. The SMILES string of the molecule is Cc1ccc(N2C(=O)C[n+]3ccccc3C2C(=O)Nc2ccc(Cl)cc2)cc1. The molecule has 1 unspecified atom stereocenters. The molecule has 140 valence electrons. The summed E-state index contributed by atoms with van der Waals surface area (Å²) in [6.45, 7) is 2.17. The Morgan fingerprint density at radius 3 is 2.50 bits per heavy atom. The summed E-state index contributed by atoms with van der Waals surface area (Å²) in [4.78, 5) is 27.8. The summed E-state index contributed by atoms with van der Waals surface area (Å²) in [6.07, 6.45) is 1.82. The maximum Gasteiger partial charge on any atom is 0.294 e. The molecule has 6 heteroatoms. The highest BCUT2D eigenvalue weighted by atomic mass is 35.5. The lowest BCUT2D eigenvalue weighted by molar-refractivity contribution is -0.695. The molecule has 0 radical (unpaired) electrons. The van der Waals surface area contributed by atoms with Gasteiger partial charge in [-0.2, -0.15) is 4.57 Å². The highest BCUT2D eigenvalue weighted by Crippen LogP contribution is 2.30. The Balaban J connectivity index is 1.75. The third kappa shape index (κ3) is 3.49. The van der Waals surface area contributed by atoms with Gasteiger partial charge in [-0.15, -0.1) is 0 Å². The Morgan fingerprint density at radius 2 is 1.79 bits per heavy atom. The van der Waals surface area contributed by atoms with Gasteiger partial charge in [-0.1, -0.05) is 35.4 Å². The van der Waals surface area contributed by atoms with Gasteiger partial charge in [0.2, 0.25) is 18.3 Å². The second-order valence-electron chi connectivity index (χ2n) is 6.75. The van der Waals surface area contributed by atoms with Crippen LogP contribution in [0.1, 0.15) is 17.3 Å². The van der Waals surface area contributed by atoms with E-state index in [4.69, 9.17) is 11.6 Å². The average molecular weight is 393 g/mol. The summed E-state index contributed by atoms with van der Waals surface area (Å²) in [7, 11) is 0. The van der Waals surface area contributed by atoms with Crippen molar-refractivity contribution in [1.82, 2.24) is 0 Å². The topological polar surface area (TPSA) is 53.3 Å². The minimum atomic E-state index is -0.777. The highest BCUT2D eigenvalue weighted by Gasteiger charge is 2.43. The summed E-state index contributed by atoms with van der Waals surface area (Å²) in [5, 5.41) is 3.50. The first-order chi connectivity index (χ1) is 13.5. The number of aromatic nitrogens is 1. The van der Waals surface area contributed by atoms with Gasteiger partial charge in [0, 0.05) is 28.5 Å². The van der Waals surface area contributed by atoms with Crippen molar-refractivity contribution in [3.63, 3.8) is 0 Å². The Kier molecular flexibility index (Phi) is 4.84. The first-order valence-electron chi connectivity index (χ1n) is 8.96. The minimum Gasteiger partial charge on any atom is -0.324 e. The first-order valence-corrected chi connectivity index (χ1v) is 9.34. The van der Waals surface area contributed by atoms with Crippen molar-refractivity contribution in [2.75, 3.05) is 10.2 Å². The van der Waals surface area contributed by atoms with Gasteiger partial charge in [0.1, 0.15) is 0 Å². The molecule has 5 nitrogen and oxygen atoms in total. The van der Waals surface area contributed by atoms with E-state index < -0.39 is 6.04 Å². The first kappa shape index (κ1) is 18.2. The quantitative estimate of drug-likeness (QED) is 0.691. The van der Waals surface area contributed by atoms with Gasteiger partial charge in [0.15, 0.2) is 6.20 Å². The van der Waals surface area contributed by atoms with E-state index in [1.807, 2.05) is 60.2 Å². The molecule has 2 heterocycles. The van der Waals surface area contributed by atoms with Crippen LogP contribution in [0.4, 0.5) is 11.4 Å². The second kappa shape index (κ2) is 7.44. The van der Waals surface area contributed by atoms with Crippen LogP contribution >= 0.6 is 11.6 Å². The van der Waals surface area contributed by atoms with Gasteiger partial charge in [-0.25, -0.2) is 0 Å². The lowest BCUT2D eigenvalue weighted by Gasteiger charge is -2.32. The summed E-state index contributed by atoms with van der Waals surface area (Å²) < 4.78 is 1.82. The maximum absolute atomic E-state index is 13.3. The molecule has 4 rings (SSSR count). The molecule has 28 heavy (non-hydrogen) atoms. The Labute approximate surface area is 168 Å². The van der Waals surface area contributed by atoms with E-state index in [1.165, 1.54) is 0 Å². The fourth-order valence-corrected chi connectivity index (χ4v) is 3.50. The number of nitrogens with zero attached hydrogens (tertiary/aromatic N) is 2. The van der Waals surface area contributed by atoms with Crippen LogP contribution in [0.25, 0.3) is 0 Å². The minimum absolute atomic E-state index is 0.135. The molecule has 1 aromatic heterocycles. The van der Waals surface area contributed by atoms with Crippen LogP contribution in [-0.4, -0.2) is 11.8 Å². The lowest BCUT2D eigenvalue weighted by atomic mass is 10.0. The predicted molar refractivity (Wildman–Crippen MR) is 108 cm³/mol. The smallest absolute Gasteiger partial charge is 0.294 e. The van der Waals surface area contributed by atoms with Crippen LogP contribution in [0.2, 0.25) is 5.02 Å². The number of rotatable bonds is 3. The number of amides is 2. The van der Waals surface area contributed by atoms with Crippen molar-refractivity contribution in [1.29, 1.82) is 0 Å². The molecule has 1 atom stereocenters. The van der Waals surface area contributed by atoms with Crippen molar-refractivity contribution in [2.45, 2.75) is 19.5 Å². The molecular weight excluding hydrogens is 374 g/mol. The number of benzene rings is 2. The van der Waals surface area contributed by atoms with E-state index in [2.05, 4.69) is 5.32 Å². The van der Waals surface area contributed by atoms with Crippen LogP contribution in [0.3, 0.4) is 0 Å². The van der Waals surface area contributed by atoms with Crippen LogP contribution in [0, 0.1) is 6.92 Å². The summed E-state index contributed by atoms with van der Waals surface area (Å²) >= 11 is 5.93. The van der Waals surface area contributed by atoms with Crippen LogP contribution in [0.15, 0.2) is 72.9 Å². The lowest BCUT2D eigenvalue weighted by Crippen LogP contribution is -2.58. The number of hydrogen-bond donors (Lipinski definition) is 1. The molecule has 1 aliphatic rings. The highest BCUT2D eigenvalue weighted by molar-refractivity contribution is 6.30. The van der Waals surface area contributed by atoms with E-state index in [0.717, 1.165) is 11.3 Å². The number of pyridine rings is 1. The fourth-order valence-electron chi connectivity index (χ4n) is 3.37. The number of carbonyl (C=O) groups excluding carboxylic acids is 2. The summed E-state index contributed by atoms with van der Waals surface area (Å²) in [6, 6.07) is 19.3. The van der Waals surface area contributed by atoms with Crippen molar-refractivity contribution in [2.24, 2.45) is 0 Å². The number of fused-ring (bicyclic) bond motifs is 1. The molecule has 0 spiro atoms. The average Bonchev–Trinajstić information content (AvgIpc) is 2.69. The van der Waals surface area contributed by atoms with Crippen LogP contribution in [0.5, 0.6) is 0 Å². The molecule has 0 aliphatic carbocycles. The van der Waals surface area contributed by atoms with Gasteiger partial charge in [-0.3, -0.25) is 14.5 Å². The maximum atomic E-state index is 13.3. The number of halogens is 1. The van der Waals surface area contributed by atoms with Gasteiger partial charge in [-0.05, 0) is 43.3 Å². The normalized spacial score (nSPS) is 15.9. The van der Waals surface area contributed by atoms with Crippen LogP contribution < -0.4 is 14.8 Å². The van der Waals surface area contributed by atoms with Crippen LogP contribution in [-0.2, 0) is 16.1 Å². The standard InChI is InChI=1S/C22H18ClN3O2/c1-15-5-11-18(12-6-15)26-20(27)14-25-13-3-2-4-19(25)21(26)22(28)24-17-9-7-16(23)8-10-17/h2-13,21H,14H2,1H3/p+1. The molecular formula is C22H19ClN3O2+. The number of aryl methyl sites for hydroxylation is 1. The van der Waals surface area contributed by atoms with Crippen molar-refractivity contribution in [3.8, 4) is 0 Å². The van der Waals surface area contributed by atoms with E-state index in [0.29, 0.717) is 16.4 Å². The summed E-state index contributed by atoms with van der Waals surface area (Å²) in [5.74, 6) is -0.417. The summed E-state index contributed by atoms with van der Waals surface area (Å²) in [5.41, 5.74) is 3.17. The number of carbonyl (C=O) groups is 2. The molecule has 0 bridgehead atoms. The molecule has 1 aliphatic heterocycles. The molecule has 0 saturated carbocycles. The second-order valence-corrected chi connectivity index (χ2v) is 7.19. The zero-order valence-corrected chi connectivity index (χ0v) is 16.1.